The van der Waals surface area contributed by atoms with Crippen LogP contribution in [0, 0.1) is 5.92 Å². The molecule has 210 valence electrons. The van der Waals surface area contributed by atoms with E-state index in [1.165, 1.54) is 11.0 Å². The number of sulfonamides is 1. The topological polar surface area (TPSA) is 86.8 Å². The molecule has 0 bridgehead atoms. The summed E-state index contributed by atoms with van der Waals surface area (Å²) in [5, 5.41) is 2.88. The first-order valence-electron chi connectivity index (χ1n) is 12.5. The molecule has 2 amide bonds. The van der Waals surface area contributed by atoms with Gasteiger partial charge < -0.3 is 10.2 Å². The third-order valence-electron chi connectivity index (χ3n) is 5.88. The van der Waals surface area contributed by atoms with Crippen LogP contribution < -0.4 is 9.62 Å². The number of carbonyl (C=O) groups is 2. The van der Waals surface area contributed by atoms with Gasteiger partial charge in [-0.15, -0.1) is 0 Å². The first-order chi connectivity index (χ1) is 17.7. The predicted molar refractivity (Wildman–Crippen MR) is 142 cm³/mol. The molecule has 1 atom stereocenters. The summed E-state index contributed by atoms with van der Waals surface area (Å²) in [5.74, 6) is -0.391. The zero-order valence-corrected chi connectivity index (χ0v) is 23.0. The molecule has 0 saturated heterocycles. The molecule has 0 aliphatic carbocycles. The second-order valence-electron chi connectivity index (χ2n) is 9.56. The molecule has 2 aromatic carbocycles. The van der Waals surface area contributed by atoms with Crippen LogP contribution in [-0.4, -0.2) is 50.5 Å². The zero-order chi connectivity index (χ0) is 28.5. The van der Waals surface area contributed by atoms with Gasteiger partial charge in [0, 0.05) is 26.1 Å². The SMILES string of the molecule is CC[C@@H](C(=O)NCC(C)C)N(Cc1ccccc1)C(=O)CCCN(c1cccc(C(F)(F)F)c1)S(C)(=O)=O. The molecule has 0 heterocycles. The van der Waals surface area contributed by atoms with Crippen molar-refractivity contribution < 1.29 is 31.2 Å². The van der Waals surface area contributed by atoms with Crippen LogP contribution in [0.1, 0.15) is 51.2 Å². The Bertz CT molecular complexity index is 1170. The lowest BCUT2D eigenvalue weighted by Gasteiger charge is -2.31. The van der Waals surface area contributed by atoms with E-state index in [0.29, 0.717) is 13.0 Å². The lowest BCUT2D eigenvalue weighted by Crippen LogP contribution is -2.49. The van der Waals surface area contributed by atoms with Crippen molar-refractivity contribution in [1.29, 1.82) is 0 Å². The number of hydrogen-bond acceptors (Lipinski definition) is 4. The van der Waals surface area contributed by atoms with Gasteiger partial charge in [0.2, 0.25) is 21.8 Å². The van der Waals surface area contributed by atoms with Gasteiger partial charge in [-0.25, -0.2) is 8.42 Å². The van der Waals surface area contributed by atoms with E-state index in [9.17, 15) is 31.2 Å². The number of rotatable bonds is 13. The van der Waals surface area contributed by atoms with E-state index in [0.717, 1.165) is 34.3 Å². The smallest absolute Gasteiger partial charge is 0.354 e. The molecule has 0 unspecified atom stereocenters. The number of hydrogen-bond donors (Lipinski definition) is 1. The Kier molecular flexibility index (Phi) is 11.2. The van der Waals surface area contributed by atoms with Crippen molar-refractivity contribution in [2.24, 2.45) is 5.92 Å². The minimum Gasteiger partial charge on any atom is -0.354 e. The van der Waals surface area contributed by atoms with Crippen molar-refractivity contribution in [2.45, 2.75) is 58.8 Å². The van der Waals surface area contributed by atoms with Gasteiger partial charge in [-0.05, 0) is 42.5 Å². The summed E-state index contributed by atoms with van der Waals surface area (Å²) in [6.45, 7) is 6.20. The summed E-state index contributed by atoms with van der Waals surface area (Å²) < 4.78 is 65.2. The van der Waals surface area contributed by atoms with Gasteiger partial charge in [-0.2, -0.15) is 13.2 Å². The number of nitrogens with zero attached hydrogens (tertiary/aromatic N) is 2. The number of benzene rings is 2. The van der Waals surface area contributed by atoms with Crippen LogP contribution in [0.5, 0.6) is 0 Å². The van der Waals surface area contributed by atoms with Crippen LogP contribution in [-0.2, 0) is 32.3 Å². The maximum absolute atomic E-state index is 13.4. The molecular weight excluding hydrogens is 519 g/mol. The fraction of sp³-hybridized carbons (Fsp3) is 0.481. The molecule has 0 aliphatic rings. The Hall–Kier alpha value is -3.08. The normalized spacial score (nSPS) is 12.7. The Balaban J connectivity index is 2.22. The fourth-order valence-electron chi connectivity index (χ4n) is 3.96. The molecule has 7 nitrogen and oxygen atoms in total. The van der Waals surface area contributed by atoms with Crippen LogP contribution in [0.15, 0.2) is 54.6 Å². The van der Waals surface area contributed by atoms with Gasteiger partial charge in [0.15, 0.2) is 0 Å². The quantitative estimate of drug-likeness (QED) is 0.384. The van der Waals surface area contributed by atoms with Crippen LogP contribution >= 0.6 is 0 Å². The van der Waals surface area contributed by atoms with Crippen molar-refractivity contribution in [3.63, 3.8) is 0 Å². The maximum atomic E-state index is 13.4. The van der Waals surface area contributed by atoms with Gasteiger partial charge in [0.05, 0.1) is 17.5 Å². The Labute approximate surface area is 223 Å². The lowest BCUT2D eigenvalue weighted by atomic mass is 10.1. The summed E-state index contributed by atoms with van der Waals surface area (Å²) >= 11 is 0. The van der Waals surface area contributed by atoms with Gasteiger partial charge in [0.25, 0.3) is 0 Å². The van der Waals surface area contributed by atoms with E-state index in [1.54, 1.807) is 0 Å². The fourth-order valence-corrected chi connectivity index (χ4v) is 4.92. The highest BCUT2D eigenvalue weighted by Crippen LogP contribution is 2.32. The molecule has 0 spiro atoms. The summed E-state index contributed by atoms with van der Waals surface area (Å²) in [4.78, 5) is 27.8. The molecule has 0 radical (unpaired) electrons. The second kappa shape index (κ2) is 13.6. The number of halogens is 3. The molecule has 38 heavy (non-hydrogen) atoms. The lowest BCUT2D eigenvalue weighted by molar-refractivity contribution is -0.141. The van der Waals surface area contributed by atoms with Gasteiger partial charge in [-0.3, -0.25) is 13.9 Å². The van der Waals surface area contributed by atoms with Crippen LogP contribution in [0.4, 0.5) is 18.9 Å². The van der Waals surface area contributed by atoms with Crippen LogP contribution in [0.2, 0.25) is 0 Å². The van der Waals surface area contributed by atoms with Gasteiger partial charge in [0.1, 0.15) is 6.04 Å². The van der Waals surface area contributed by atoms with Crippen molar-refractivity contribution in [3.8, 4) is 0 Å². The third-order valence-corrected chi connectivity index (χ3v) is 7.07. The third kappa shape index (κ3) is 9.34. The number of amides is 2. The Morgan fingerprint density at radius 2 is 1.68 bits per heavy atom. The van der Waals surface area contributed by atoms with Gasteiger partial charge >= 0.3 is 6.18 Å². The second-order valence-corrected chi connectivity index (χ2v) is 11.5. The molecule has 2 rings (SSSR count). The molecular formula is C27H36F3N3O4S. The molecule has 2 aromatic rings. The first kappa shape index (κ1) is 31.1. The summed E-state index contributed by atoms with van der Waals surface area (Å²) in [6.07, 6.45) is -3.38. The predicted octanol–water partition coefficient (Wildman–Crippen LogP) is 4.83. The standard InChI is InChI=1S/C27H36F3N3O4S/c1-5-24(26(35)31-18-20(2)3)32(19-21-11-7-6-8-12-21)25(34)15-10-16-33(38(4,36)37)23-14-9-13-22(17-23)27(28,29)30/h6-9,11-14,17,20,24H,5,10,15-16,18-19H2,1-4H3,(H,31,35)/t24-/m0/s1. The van der Waals surface area contributed by atoms with E-state index in [2.05, 4.69) is 5.32 Å². The molecule has 11 heteroatoms. The highest BCUT2D eigenvalue weighted by Gasteiger charge is 2.32. The number of anilines is 1. The average molecular weight is 556 g/mol. The number of carbonyl (C=O) groups excluding carboxylic acids is 2. The maximum Gasteiger partial charge on any atom is 0.416 e. The zero-order valence-electron chi connectivity index (χ0n) is 22.2. The molecule has 0 aromatic heterocycles. The molecule has 0 aliphatic heterocycles. The minimum absolute atomic E-state index is 0.0531. The highest BCUT2D eigenvalue weighted by molar-refractivity contribution is 7.92. The number of alkyl halides is 3. The van der Waals surface area contributed by atoms with E-state index in [-0.39, 0.29) is 49.4 Å². The molecule has 0 saturated carbocycles. The van der Waals surface area contributed by atoms with Crippen molar-refractivity contribution in [2.75, 3.05) is 23.7 Å². The minimum atomic E-state index is -4.63. The van der Waals surface area contributed by atoms with E-state index < -0.39 is 27.8 Å². The Morgan fingerprint density at radius 1 is 1.03 bits per heavy atom. The van der Waals surface area contributed by atoms with E-state index in [4.69, 9.17) is 0 Å². The molecule has 1 N–H and O–H groups in total. The Morgan fingerprint density at radius 3 is 2.24 bits per heavy atom. The van der Waals surface area contributed by atoms with Crippen molar-refractivity contribution in [1.82, 2.24) is 10.2 Å². The van der Waals surface area contributed by atoms with Crippen molar-refractivity contribution in [3.05, 3.63) is 65.7 Å². The van der Waals surface area contributed by atoms with E-state index in [1.807, 2.05) is 51.1 Å². The van der Waals surface area contributed by atoms with Gasteiger partial charge in [-0.1, -0.05) is 57.2 Å². The van der Waals surface area contributed by atoms with Crippen LogP contribution in [0.25, 0.3) is 0 Å². The summed E-state index contributed by atoms with van der Waals surface area (Å²) in [6, 6.07) is 12.5. The average Bonchev–Trinajstić information content (AvgIpc) is 2.84. The van der Waals surface area contributed by atoms with Crippen molar-refractivity contribution >= 4 is 27.5 Å². The molecule has 0 fully saturated rings. The van der Waals surface area contributed by atoms with Crippen LogP contribution in [0.3, 0.4) is 0 Å². The van der Waals surface area contributed by atoms with E-state index >= 15 is 0 Å². The summed E-state index contributed by atoms with van der Waals surface area (Å²) in [5.41, 5.74) is -0.264. The summed E-state index contributed by atoms with van der Waals surface area (Å²) in [7, 11) is -3.92. The highest BCUT2D eigenvalue weighted by atomic mass is 32.2. The first-order valence-corrected chi connectivity index (χ1v) is 14.3. The largest absolute Gasteiger partial charge is 0.416 e. The monoisotopic (exact) mass is 555 g/mol. The number of nitrogens with one attached hydrogen (secondary N) is 1.